The molecule has 4 aromatic heterocycles. The third-order valence-corrected chi connectivity index (χ3v) is 6.23. The second-order valence-electron chi connectivity index (χ2n) is 7.26. The van der Waals surface area contributed by atoms with E-state index < -0.39 is 23.9 Å². The van der Waals surface area contributed by atoms with Crippen LogP contribution in [0.2, 0.25) is 0 Å². The normalized spacial score (nSPS) is 11.5. The molecule has 0 spiro atoms. The van der Waals surface area contributed by atoms with Crippen LogP contribution in [-0.4, -0.2) is 36.4 Å². The fourth-order valence-corrected chi connectivity index (χ4v) is 4.51. The summed E-state index contributed by atoms with van der Waals surface area (Å²) in [7, 11) is 3.34. The summed E-state index contributed by atoms with van der Waals surface area (Å²) in [6, 6.07) is 2.84. The molecule has 4 aromatic rings. The van der Waals surface area contributed by atoms with E-state index in [0.717, 1.165) is 11.3 Å². The lowest BCUT2D eigenvalue weighted by atomic mass is 10.0. The van der Waals surface area contributed by atoms with E-state index in [1.165, 1.54) is 16.9 Å². The van der Waals surface area contributed by atoms with Crippen molar-refractivity contribution < 1.29 is 18.4 Å². The van der Waals surface area contributed by atoms with Crippen LogP contribution in [0.5, 0.6) is 0 Å². The van der Waals surface area contributed by atoms with E-state index in [2.05, 4.69) is 20.5 Å². The molecular weight excluding hydrogens is 440 g/mol. The van der Waals surface area contributed by atoms with Crippen molar-refractivity contribution >= 4 is 39.1 Å². The van der Waals surface area contributed by atoms with Crippen LogP contribution < -0.4 is 11.1 Å². The Morgan fingerprint density at radius 2 is 1.88 bits per heavy atom. The van der Waals surface area contributed by atoms with Gasteiger partial charge in [0.15, 0.2) is 0 Å². The highest BCUT2D eigenvalue weighted by Crippen LogP contribution is 2.43. The number of nitrogens with two attached hydrogens (primary N) is 1. The molecule has 0 unspecified atom stereocenters. The van der Waals surface area contributed by atoms with Crippen LogP contribution in [-0.2, 0) is 14.1 Å². The van der Waals surface area contributed by atoms with Crippen molar-refractivity contribution in [2.75, 3.05) is 5.32 Å². The van der Waals surface area contributed by atoms with Crippen LogP contribution in [0.15, 0.2) is 18.3 Å². The Morgan fingerprint density at radius 1 is 1.16 bits per heavy atom. The minimum absolute atomic E-state index is 0.00829. The third kappa shape index (κ3) is 3.51. The first-order valence-corrected chi connectivity index (χ1v) is 10.3. The van der Waals surface area contributed by atoms with Gasteiger partial charge in [-0.05, 0) is 31.5 Å². The highest BCUT2D eigenvalue weighted by Gasteiger charge is 2.27. The first-order chi connectivity index (χ1) is 15.1. The number of hydrogen-bond acceptors (Lipinski definition) is 6. The highest BCUT2D eigenvalue weighted by atomic mass is 32.1. The number of rotatable bonds is 5. The number of nitrogens with one attached hydrogen (secondary N) is 1. The van der Waals surface area contributed by atoms with Gasteiger partial charge < -0.3 is 11.1 Å². The van der Waals surface area contributed by atoms with Crippen molar-refractivity contribution in [3.05, 3.63) is 46.0 Å². The van der Waals surface area contributed by atoms with Crippen LogP contribution in [0, 0.1) is 13.8 Å². The van der Waals surface area contributed by atoms with Gasteiger partial charge in [-0.1, -0.05) is 0 Å². The summed E-state index contributed by atoms with van der Waals surface area (Å²) in [5.74, 6) is -1.33. The number of hydrogen-bond donors (Lipinski definition) is 2. The molecule has 0 saturated carbocycles. The maximum atomic E-state index is 13.6. The van der Waals surface area contributed by atoms with Crippen molar-refractivity contribution in [2.24, 2.45) is 19.8 Å². The molecule has 3 N–H and O–H groups in total. The number of aromatic nitrogens is 5. The molecule has 0 aromatic carbocycles. The fourth-order valence-electron chi connectivity index (χ4n) is 3.50. The molecule has 0 fully saturated rings. The first-order valence-electron chi connectivity index (χ1n) is 9.44. The van der Waals surface area contributed by atoms with Crippen LogP contribution >= 0.6 is 11.3 Å². The zero-order valence-corrected chi connectivity index (χ0v) is 18.4. The van der Waals surface area contributed by atoms with Crippen molar-refractivity contribution in [3.63, 3.8) is 0 Å². The van der Waals surface area contributed by atoms with E-state index in [4.69, 9.17) is 5.73 Å². The Hall–Kier alpha value is -3.67. The molecule has 4 heterocycles. The number of pyridine rings is 1. The number of carbonyl (C=O) groups excluding carboxylic acids is 2. The Labute approximate surface area is 184 Å². The van der Waals surface area contributed by atoms with Gasteiger partial charge in [0.25, 0.3) is 18.2 Å². The number of anilines is 1. The van der Waals surface area contributed by atoms with Gasteiger partial charge in [0.1, 0.15) is 21.1 Å². The van der Waals surface area contributed by atoms with Gasteiger partial charge >= 0.3 is 0 Å². The summed E-state index contributed by atoms with van der Waals surface area (Å²) in [5.41, 5.74) is 7.78. The summed E-state index contributed by atoms with van der Waals surface area (Å²) in [5, 5.41) is 11.4. The Morgan fingerprint density at radius 3 is 2.41 bits per heavy atom. The lowest BCUT2D eigenvalue weighted by Crippen LogP contribution is -2.19. The van der Waals surface area contributed by atoms with Crippen LogP contribution in [0.4, 0.5) is 14.5 Å². The second kappa shape index (κ2) is 7.79. The molecule has 0 saturated heterocycles. The molecule has 0 radical (unpaired) electrons. The maximum Gasteiger partial charge on any atom is 0.280 e. The molecule has 166 valence electrons. The zero-order valence-electron chi connectivity index (χ0n) is 17.6. The topological polar surface area (TPSA) is 121 Å². The summed E-state index contributed by atoms with van der Waals surface area (Å²) in [6.45, 7) is 3.53. The Kier molecular flexibility index (Phi) is 5.25. The number of amides is 2. The number of alkyl halides is 2. The standard InChI is InChI=1S/C20H19F2N7O2S/c1-8-5-13(29(4)27-8)19(31)26-15-14-10(11-7-24-28(3)9(11)2)6-12(17(21)22)25-20(14)32-16(15)18(23)30/h5-7,17H,1-4H3,(H2,23,30)(H,26,31). The molecule has 12 heteroatoms. The first kappa shape index (κ1) is 21.6. The van der Waals surface area contributed by atoms with Crippen molar-refractivity contribution in [1.82, 2.24) is 24.5 Å². The van der Waals surface area contributed by atoms with Gasteiger partial charge in [0, 0.05) is 30.7 Å². The number of nitrogens with zero attached hydrogens (tertiary/aromatic N) is 5. The van der Waals surface area contributed by atoms with E-state index in [9.17, 15) is 18.4 Å². The van der Waals surface area contributed by atoms with Crippen molar-refractivity contribution in [2.45, 2.75) is 20.3 Å². The van der Waals surface area contributed by atoms with E-state index >= 15 is 0 Å². The quantitative estimate of drug-likeness (QED) is 0.474. The number of carbonyl (C=O) groups is 2. The van der Waals surface area contributed by atoms with E-state index in [1.54, 1.807) is 38.7 Å². The second-order valence-corrected chi connectivity index (χ2v) is 8.26. The summed E-state index contributed by atoms with van der Waals surface area (Å²) in [6.07, 6.45) is -1.29. The lowest BCUT2D eigenvalue weighted by Gasteiger charge is -2.11. The van der Waals surface area contributed by atoms with Crippen molar-refractivity contribution in [1.29, 1.82) is 0 Å². The molecule has 0 aliphatic heterocycles. The molecule has 9 nitrogen and oxygen atoms in total. The zero-order chi connectivity index (χ0) is 23.3. The molecule has 0 aliphatic rings. The van der Waals surface area contributed by atoms with Gasteiger partial charge in [0.05, 0.1) is 17.6 Å². The highest BCUT2D eigenvalue weighted by molar-refractivity contribution is 7.21. The van der Waals surface area contributed by atoms with E-state index in [-0.39, 0.29) is 21.1 Å². The average molecular weight is 459 g/mol. The lowest BCUT2D eigenvalue weighted by molar-refractivity contribution is 0.100. The number of thiophene rings is 1. The van der Waals surface area contributed by atoms with Crippen molar-refractivity contribution in [3.8, 4) is 11.1 Å². The summed E-state index contributed by atoms with van der Waals surface area (Å²) in [4.78, 5) is 29.4. The van der Waals surface area contributed by atoms with E-state index in [0.29, 0.717) is 27.9 Å². The molecule has 0 aliphatic carbocycles. The van der Waals surface area contributed by atoms with Gasteiger partial charge in [0.2, 0.25) is 0 Å². The van der Waals surface area contributed by atoms with Crippen LogP contribution in [0.25, 0.3) is 21.3 Å². The predicted molar refractivity (Wildman–Crippen MR) is 116 cm³/mol. The smallest absolute Gasteiger partial charge is 0.280 e. The van der Waals surface area contributed by atoms with Crippen LogP contribution in [0.1, 0.15) is 43.7 Å². The van der Waals surface area contributed by atoms with Crippen LogP contribution in [0.3, 0.4) is 0 Å². The minimum Gasteiger partial charge on any atom is -0.365 e. The SMILES string of the molecule is Cc1cc(C(=O)Nc2c(C(N)=O)sc3nc(C(F)F)cc(-c4cnn(C)c4C)c23)n(C)n1. The molecule has 32 heavy (non-hydrogen) atoms. The number of halogens is 2. The number of aryl methyl sites for hydroxylation is 3. The summed E-state index contributed by atoms with van der Waals surface area (Å²) < 4.78 is 30.2. The van der Waals surface area contributed by atoms with E-state index in [1.807, 2.05) is 0 Å². The minimum atomic E-state index is -2.83. The maximum absolute atomic E-state index is 13.6. The Balaban J connectivity index is 2.00. The monoisotopic (exact) mass is 459 g/mol. The molecule has 2 amide bonds. The average Bonchev–Trinajstić information content (AvgIpc) is 3.37. The Bertz CT molecular complexity index is 1390. The van der Waals surface area contributed by atoms with Gasteiger partial charge in [-0.15, -0.1) is 11.3 Å². The van der Waals surface area contributed by atoms with Gasteiger partial charge in [-0.2, -0.15) is 10.2 Å². The summed E-state index contributed by atoms with van der Waals surface area (Å²) >= 11 is 0.848. The largest absolute Gasteiger partial charge is 0.365 e. The third-order valence-electron chi connectivity index (χ3n) is 5.13. The molecule has 4 rings (SSSR count). The van der Waals surface area contributed by atoms with Gasteiger partial charge in [-0.3, -0.25) is 19.0 Å². The fraction of sp³-hybridized carbons (Fsp3) is 0.250. The molecule has 0 atom stereocenters. The predicted octanol–water partition coefficient (Wildman–Crippen LogP) is 3.34. The number of primary amides is 1. The molecule has 0 bridgehead atoms. The van der Waals surface area contributed by atoms with Gasteiger partial charge in [-0.25, -0.2) is 13.8 Å². The number of fused-ring (bicyclic) bond motifs is 1. The molecular formula is C20H19F2N7O2S.